The van der Waals surface area contributed by atoms with Crippen LogP contribution in [0.4, 0.5) is 13.2 Å². The molecule has 0 saturated heterocycles. The van der Waals surface area contributed by atoms with Crippen LogP contribution in [0.25, 0.3) is 6.08 Å². The zero-order valence-corrected chi connectivity index (χ0v) is 12.9. The van der Waals surface area contributed by atoms with E-state index in [4.69, 9.17) is 0 Å². The number of benzene rings is 2. The van der Waals surface area contributed by atoms with E-state index in [9.17, 15) is 22.2 Å². The second-order valence-electron chi connectivity index (χ2n) is 4.83. The van der Waals surface area contributed by atoms with Gasteiger partial charge in [0.25, 0.3) is 5.78 Å². The quantitative estimate of drug-likeness (QED) is 0.763. The molecule has 0 heterocycles. The first kappa shape index (κ1) is 17.1. The first-order chi connectivity index (χ1) is 10.8. The number of carbonyl (C=O) groups is 1. The lowest BCUT2D eigenvalue weighted by Crippen LogP contribution is -2.34. The van der Waals surface area contributed by atoms with E-state index in [1.807, 2.05) is 0 Å². The highest BCUT2D eigenvalue weighted by molar-refractivity contribution is 7.87. The molecule has 2 rings (SSSR count). The van der Waals surface area contributed by atoms with E-state index in [1.54, 1.807) is 25.1 Å². The van der Waals surface area contributed by atoms with Gasteiger partial charge in [-0.05, 0) is 30.7 Å². The van der Waals surface area contributed by atoms with Crippen molar-refractivity contribution in [2.75, 3.05) is 0 Å². The van der Waals surface area contributed by atoms with E-state index < -0.39 is 27.7 Å². The molecule has 0 aromatic heterocycles. The summed E-state index contributed by atoms with van der Waals surface area (Å²) >= 11 is 0. The second-order valence-corrected chi connectivity index (χ2v) is 6.35. The van der Waals surface area contributed by atoms with Crippen LogP contribution >= 0.6 is 0 Å². The van der Waals surface area contributed by atoms with Gasteiger partial charge in [-0.15, -0.1) is 0 Å². The molecule has 2 nitrogen and oxygen atoms in total. The molecule has 6 heteroatoms. The summed E-state index contributed by atoms with van der Waals surface area (Å²) in [6, 6.07) is 13.2. The Labute approximate surface area is 134 Å². The normalized spacial score (nSPS) is 13.7. The van der Waals surface area contributed by atoms with Gasteiger partial charge in [-0.1, -0.05) is 48.0 Å². The number of ketones is 1. The van der Waals surface area contributed by atoms with Gasteiger partial charge in [0.05, 0.1) is 0 Å². The van der Waals surface area contributed by atoms with Crippen molar-refractivity contribution in [3.63, 3.8) is 0 Å². The van der Waals surface area contributed by atoms with Crippen LogP contribution in [-0.2, 0) is 15.6 Å². The number of carbonyl (C=O) groups excluding carboxylic acids is 1. The smallest absolute Gasteiger partial charge is 0.284 e. The first-order valence-electron chi connectivity index (χ1n) is 6.66. The summed E-state index contributed by atoms with van der Waals surface area (Å²) in [6.45, 7) is 1.73. The maximum absolute atomic E-state index is 14.0. The molecule has 2 aromatic rings. The number of alkyl halides is 2. The maximum atomic E-state index is 14.0. The van der Waals surface area contributed by atoms with Crippen molar-refractivity contribution < 1.29 is 22.2 Å². The van der Waals surface area contributed by atoms with Crippen molar-refractivity contribution in [3.8, 4) is 0 Å². The van der Waals surface area contributed by atoms with E-state index in [-0.39, 0.29) is 10.5 Å². The van der Waals surface area contributed by atoms with Gasteiger partial charge in [0.2, 0.25) is 0 Å². The monoisotopic (exact) mass is 338 g/mol. The average molecular weight is 338 g/mol. The van der Waals surface area contributed by atoms with Gasteiger partial charge >= 0.3 is 5.25 Å². The number of hydrogen-bond acceptors (Lipinski definition) is 2. The van der Waals surface area contributed by atoms with Gasteiger partial charge < -0.3 is 0 Å². The predicted molar refractivity (Wildman–Crippen MR) is 83.1 cm³/mol. The highest BCUT2D eigenvalue weighted by Crippen LogP contribution is 2.30. The van der Waals surface area contributed by atoms with Crippen LogP contribution in [0.1, 0.15) is 11.1 Å². The van der Waals surface area contributed by atoms with Crippen LogP contribution in [0.3, 0.4) is 0 Å². The van der Waals surface area contributed by atoms with E-state index in [0.29, 0.717) is 6.08 Å². The largest absolute Gasteiger partial charge is 0.389 e. The van der Waals surface area contributed by atoms with Gasteiger partial charge in [-0.25, -0.2) is 8.60 Å². The molecular weight excluding hydrogens is 325 g/mol. The third-order valence-electron chi connectivity index (χ3n) is 3.04. The van der Waals surface area contributed by atoms with Crippen LogP contribution in [0.5, 0.6) is 0 Å². The molecule has 23 heavy (non-hydrogen) atoms. The molecule has 0 bridgehead atoms. The Bertz CT molecular complexity index is 753. The Balaban J connectivity index is 2.27. The fourth-order valence-corrected chi connectivity index (χ4v) is 2.74. The summed E-state index contributed by atoms with van der Waals surface area (Å²) in [5, 5.41) is -4.34. The predicted octanol–water partition coefficient (Wildman–Crippen LogP) is 4.28. The minimum Gasteiger partial charge on any atom is -0.284 e. The Hall–Kier alpha value is -2.21. The van der Waals surface area contributed by atoms with Gasteiger partial charge in [-0.2, -0.15) is 8.78 Å². The molecule has 0 N–H and O–H groups in total. The van der Waals surface area contributed by atoms with Gasteiger partial charge in [-0.3, -0.25) is 4.79 Å². The molecular formula is C17H13F3O2S. The average Bonchev–Trinajstić information content (AvgIpc) is 2.55. The Morgan fingerprint density at radius 1 is 1.04 bits per heavy atom. The van der Waals surface area contributed by atoms with Gasteiger partial charge in [0.1, 0.15) is 10.8 Å². The van der Waals surface area contributed by atoms with Crippen molar-refractivity contribution >= 4 is 22.7 Å². The van der Waals surface area contributed by atoms with Crippen LogP contribution in [-0.4, -0.2) is 15.2 Å². The third-order valence-corrected chi connectivity index (χ3v) is 4.39. The molecule has 0 aliphatic heterocycles. The van der Waals surface area contributed by atoms with Crippen molar-refractivity contribution in [1.82, 2.24) is 0 Å². The molecule has 0 spiro atoms. The maximum Gasteiger partial charge on any atom is 0.389 e. The lowest BCUT2D eigenvalue weighted by molar-refractivity contribution is -0.130. The molecule has 0 radical (unpaired) electrons. The van der Waals surface area contributed by atoms with Crippen LogP contribution < -0.4 is 0 Å². The number of halogens is 3. The zero-order valence-electron chi connectivity index (χ0n) is 12.1. The SMILES string of the molecule is Cc1ccc([S@](=O)C(F)(F)C(=O)/C(F)=C\c2ccccc2)cc1. The molecule has 0 aliphatic carbocycles. The molecule has 0 aliphatic rings. The standard InChI is InChI=1S/C17H13F3O2S/c1-12-7-9-14(10-8-12)23(22)17(19,20)16(21)15(18)11-13-5-3-2-4-6-13/h2-11H,1H3/b15-11+/t23-/m0/s1. The minimum absolute atomic E-state index is 0.235. The fourth-order valence-electron chi connectivity index (χ4n) is 1.79. The highest BCUT2D eigenvalue weighted by Gasteiger charge is 2.48. The Morgan fingerprint density at radius 3 is 2.17 bits per heavy atom. The van der Waals surface area contributed by atoms with E-state index in [1.165, 1.54) is 36.4 Å². The number of hydrogen-bond donors (Lipinski definition) is 0. The topological polar surface area (TPSA) is 34.1 Å². The zero-order chi connectivity index (χ0) is 17.0. The van der Waals surface area contributed by atoms with Crippen molar-refractivity contribution in [2.45, 2.75) is 17.1 Å². The van der Waals surface area contributed by atoms with Gasteiger partial charge in [0.15, 0.2) is 5.83 Å². The van der Waals surface area contributed by atoms with Crippen molar-refractivity contribution in [2.24, 2.45) is 0 Å². The van der Waals surface area contributed by atoms with Gasteiger partial charge in [0, 0.05) is 4.90 Å². The van der Waals surface area contributed by atoms with E-state index in [2.05, 4.69) is 0 Å². The minimum atomic E-state index is -4.34. The molecule has 120 valence electrons. The Morgan fingerprint density at radius 2 is 1.61 bits per heavy atom. The second kappa shape index (κ2) is 6.91. The number of aryl methyl sites for hydroxylation is 1. The number of rotatable bonds is 5. The molecule has 2 aromatic carbocycles. The highest BCUT2D eigenvalue weighted by atomic mass is 32.2. The van der Waals surface area contributed by atoms with Crippen molar-refractivity contribution in [3.05, 3.63) is 71.6 Å². The molecule has 0 unspecified atom stereocenters. The molecule has 0 saturated carbocycles. The van der Waals surface area contributed by atoms with Crippen LogP contribution in [0.2, 0.25) is 0 Å². The lowest BCUT2D eigenvalue weighted by Gasteiger charge is -2.13. The third kappa shape index (κ3) is 3.96. The number of Topliss-reactive ketones (excluding diaryl/α,β-unsaturated/α-hetero) is 1. The summed E-state index contributed by atoms with van der Waals surface area (Å²) < 4.78 is 53.8. The first-order valence-corrected chi connectivity index (χ1v) is 7.81. The summed E-state index contributed by atoms with van der Waals surface area (Å²) in [6.07, 6.45) is 0.697. The van der Waals surface area contributed by atoms with Crippen LogP contribution in [0.15, 0.2) is 65.3 Å². The van der Waals surface area contributed by atoms with Crippen LogP contribution in [0, 0.1) is 6.92 Å². The molecule has 0 fully saturated rings. The fraction of sp³-hybridized carbons (Fsp3) is 0.118. The molecule has 1 atom stereocenters. The van der Waals surface area contributed by atoms with Crippen molar-refractivity contribution in [1.29, 1.82) is 0 Å². The van der Waals surface area contributed by atoms with E-state index >= 15 is 0 Å². The summed E-state index contributed by atoms with van der Waals surface area (Å²) in [4.78, 5) is 11.4. The lowest BCUT2D eigenvalue weighted by atomic mass is 10.2. The van der Waals surface area contributed by atoms with E-state index in [0.717, 1.165) is 5.56 Å². The molecule has 0 amide bonds. The summed E-state index contributed by atoms with van der Waals surface area (Å²) in [7, 11) is -2.97. The summed E-state index contributed by atoms with van der Waals surface area (Å²) in [5.74, 6) is -3.73. The number of allylic oxidation sites excluding steroid dienone is 1. The Kier molecular flexibility index (Phi) is 5.15. The summed E-state index contributed by atoms with van der Waals surface area (Å²) in [5.41, 5.74) is 1.05.